The molecule has 0 aromatic rings. The maximum Gasteiger partial charge on any atom is 0.0249 e. The second-order valence-corrected chi connectivity index (χ2v) is 7.93. The van der Waals surface area contributed by atoms with E-state index >= 15 is 0 Å². The summed E-state index contributed by atoms with van der Waals surface area (Å²) in [7, 11) is 2.33. The molecule has 2 N–H and O–H groups in total. The zero-order chi connectivity index (χ0) is 14.8. The highest BCUT2D eigenvalue weighted by atomic mass is 15.2. The number of hydrogen-bond donors (Lipinski definition) is 1. The van der Waals surface area contributed by atoms with Crippen molar-refractivity contribution in [1.29, 1.82) is 0 Å². The summed E-state index contributed by atoms with van der Waals surface area (Å²) in [5, 5.41) is 0. The Morgan fingerprint density at radius 2 is 1.90 bits per heavy atom. The lowest BCUT2D eigenvalue weighted by Crippen LogP contribution is -2.59. The summed E-state index contributed by atoms with van der Waals surface area (Å²) in [6, 6.07) is 1.95. The molecule has 2 heterocycles. The molecule has 3 nitrogen and oxygen atoms in total. The Kier molecular flexibility index (Phi) is 5.23. The Balaban J connectivity index is 1.61. The van der Waals surface area contributed by atoms with E-state index in [1.165, 1.54) is 71.0 Å². The molecule has 3 aliphatic rings. The molecule has 3 rings (SSSR count). The number of nitrogens with two attached hydrogens (primary N) is 1. The van der Waals surface area contributed by atoms with Gasteiger partial charge in [0.15, 0.2) is 0 Å². The molecule has 0 radical (unpaired) electrons. The van der Waals surface area contributed by atoms with Crippen LogP contribution in [0, 0.1) is 11.8 Å². The summed E-state index contributed by atoms with van der Waals surface area (Å²) >= 11 is 0. The number of hydrogen-bond acceptors (Lipinski definition) is 3. The number of piperidine rings is 2. The lowest BCUT2D eigenvalue weighted by Gasteiger charge is -2.50. The average molecular weight is 293 g/mol. The number of nitrogens with zero attached hydrogens (tertiary/aromatic N) is 2. The molecule has 3 heteroatoms. The predicted molar refractivity (Wildman–Crippen MR) is 89.3 cm³/mol. The molecule has 1 saturated carbocycles. The predicted octanol–water partition coefficient (Wildman–Crippen LogP) is 2.70. The van der Waals surface area contributed by atoms with E-state index in [9.17, 15) is 0 Å². The van der Waals surface area contributed by atoms with Gasteiger partial charge in [-0.1, -0.05) is 19.8 Å². The number of likely N-dealkylation sites (tertiary alicyclic amines) is 2. The van der Waals surface area contributed by atoms with E-state index in [1.807, 2.05) is 0 Å². The van der Waals surface area contributed by atoms with Gasteiger partial charge in [-0.2, -0.15) is 0 Å². The van der Waals surface area contributed by atoms with Gasteiger partial charge in [0, 0.05) is 31.2 Å². The van der Waals surface area contributed by atoms with Crippen LogP contribution < -0.4 is 5.73 Å². The zero-order valence-corrected chi connectivity index (χ0v) is 14.1. The highest BCUT2D eigenvalue weighted by Crippen LogP contribution is 2.35. The molecule has 0 aromatic heterocycles. The monoisotopic (exact) mass is 293 g/mol. The number of fused-ring (bicyclic) bond motifs is 1. The van der Waals surface area contributed by atoms with Crippen molar-refractivity contribution in [2.45, 2.75) is 76.4 Å². The first-order valence-electron chi connectivity index (χ1n) is 9.39. The Bertz CT molecular complexity index is 332. The maximum atomic E-state index is 6.51. The molecular weight excluding hydrogens is 258 g/mol. The maximum absolute atomic E-state index is 6.51. The van der Waals surface area contributed by atoms with Crippen molar-refractivity contribution in [3.05, 3.63) is 0 Å². The summed E-state index contributed by atoms with van der Waals surface area (Å²) in [4.78, 5) is 5.40. The largest absolute Gasteiger partial charge is 0.326 e. The van der Waals surface area contributed by atoms with Gasteiger partial charge in [-0.25, -0.2) is 0 Å². The highest BCUT2D eigenvalue weighted by Gasteiger charge is 2.39. The Labute approximate surface area is 131 Å². The SMILES string of the molecule is CCCC1CCC(N)C(N2CCC3C(CCCN3C)C2)C1. The first-order chi connectivity index (χ1) is 10.2. The molecule has 122 valence electrons. The molecule has 1 aliphatic carbocycles. The van der Waals surface area contributed by atoms with Gasteiger partial charge >= 0.3 is 0 Å². The van der Waals surface area contributed by atoms with Gasteiger partial charge in [0.1, 0.15) is 0 Å². The molecule has 5 atom stereocenters. The van der Waals surface area contributed by atoms with Crippen molar-refractivity contribution in [3.63, 3.8) is 0 Å². The topological polar surface area (TPSA) is 32.5 Å². The van der Waals surface area contributed by atoms with Crippen molar-refractivity contribution in [1.82, 2.24) is 9.80 Å². The lowest BCUT2D eigenvalue weighted by molar-refractivity contribution is 0.00138. The van der Waals surface area contributed by atoms with Crippen LogP contribution in [0.5, 0.6) is 0 Å². The van der Waals surface area contributed by atoms with Gasteiger partial charge in [-0.3, -0.25) is 4.90 Å². The summed E-state index contributed by atoms with van der Waals surface area (Å²) in [5.41, 5.74) is 6.51. The fourth-order valence-electron chi connectivity index (χ4n) is 5.33. The van der Waals surface area contributed by atoms with E-state index < -0.39 is 0 Å². The smallest absolute Gasteiger partial charge is 0.0249 e. The van der Waals surface area contributed by atoms with Crippen LogP contribution >= 0.6 is 0 Å². The van der Waals surface area contributed by atoms with Crippen molar-refractivity contribution >= 4 is 0 Å². The summed E-state index contributed by atoms with van der Waals surface area (Å²) in [6.07, 6.45) is 10.9. The molecule has 3 fully saturated rings. The second-order valence-electron chi connectivity index (χ2n) is 7.93. The summed E-state index contributed by atoms with van der Waals surface area (Å²) in [6.45, 7) is 6.23. The first-order valence-corrected chi connectivity index (χ1v) is 9.39. The van der Waals surface area contributed by atoms with Crippen LogP contribution in [0.3, 0.4) is 0 Å². The average Bonchev–Trinajstić information content (AvgIpc) is 2.49. The Morgan fingerprint density at radius 3 is 2.71 bits per heavy atom. The van der Waals surface area contributed by atoms with Gasteiger partial charge < -0.3 is 10.6 Å². The summed E-state index contributed by atoms with van der Waals surface area (Å²) in [5.74, 6) is 1.84. The van der Waals surface area contributed by atoms with Crippen LogP contribution in [0.1, 0.15) is 58.3 Å². The molecule has 2 saturated heterocycles. The van der Waals surface area contributed by atoms with Gasteiger partial charge in [0.05, 0.1) is 0 Å². The minimum Gasteiger partial charge on any atom is -0.326 e. The standard InChI is InChI=1S/C18H35N3/c1-3-5-14-7-8-16(19)18(12-14)21-11-9-17-15(13-21)6-4-10-20(17)2/h14-18H,3-13,19H2,1-2H3. The van der Waals surface area contributed by atoms with E-state index in [1.54, 1.807) is 0 Å². The van der Waals surface area contributed by atoms with E-state index in [0.29, 0.717) is 12.1 Å². The van der Waals surface area contributed by atoms with E-state index in [0.717, 1.165) is 17.9 Å². The van der Waals surface area contributed by atoms with Gasteiger partial charge in [-0.15, -0.1) is 0 Å². The quantitative estimate of drug-likeness (QED) is 0.868. The normalized spacial score (nSPS) is 42.7. The van der Waals surface area contributed by atoms with Gasteiger partial charge in [0.2, 0.25) is 0 Å². The first kappa shape index (κ1) is 15.8. The van der Waals surface area contributed by atoms with E-state index in [2.05, 4.69) is 23.8 Å². The van der Waals surface area contributed by atoms with Gasteiger partial charge in [0.25, 0.3) is 0 Å². The third kappa shape index (κ3) is 3.46. The lowest BCUT2D eigenvalue weighted by atomic mass is 9.77. The third-order valence-electron chi connectivity index (χ3n) is 6.52. The molecule has 2 aliphatic heterocycles. The minimum atomic E-state index is 0.427. The van der Waals surface area contributed by atoms with Crippen LogP contribution in [-0.2, 0) is 0 Å². The summed E-state index contributed by atoms with van der Waals surface area (Å²) < 4.78 is 0. The van der Waals surface area contributed by atoms with Crippen LogP contribution in [0.2, 0.25) is 0 Å². The van der Waals surface area contributed by atoms with Crippen molar-refractivity contribution in [3.8, 4) is 0 Å². The fraction of sp³-hybridized carbons (Fsp3) is 1.00. The van der Waals surface area contributed by atoms with Crippen molar-refractivity contribution in [2.24, 2.45) is 17.6 Å². The molecule has 5 unspecified atom stereocenters. The van der Waals surface area contributed by atoms with Crippen LogP contribution in [-0.4, -0.2) is 54.6 Å². The zero-order valence-electron chi connectivity index (χ0n) is 14.1. The molecular formula is C18H35N3. The molecule has 21 heavy (non-hydrogen) atoms. The third-order valence-corrected chi connectivity index (χ3v) is 6.52. The van der Waals surface area contributed by atoms with Crippen LogP contribution in [0.4, 0.5) is 0 Å². The van der Waals surface area contributed by atoms with Crippen molar-refractivity contribution < 1.29 is 0 Å². The molecule has 0 amide bonds. The minimum absolute atomic E-state index is 0.427. The van der Waals surface area contributed by atoms with E-state index in [4.69, 9.17) is 5.73 Å². The fourth-order valence-corrected chi connectivity index (χ4v) is 5.33. The molecule has 0 spiro atoms. The molecule has 0 aromatic carbocycles. The highest BCUT2D eigenvalue weighted by molar-refractivity contribution is 4.95. The second kappa shape index (κ2) is 6.97. The Morgan fingerprint density at radius 1 is 1.05 bits per heavy atom. The number of rotatable bonds is 3. The van der Waals surface area contributed by atoms with Gasteiger partial charge in [-0.05, 0) is 64.0 Å². The van der Waals surface area contributed by atoms with Crippen molar-refractivity contribution in [2.75, 3.05) is 26.7 Å². The van der Waals surface area contributed by atoms with Crippen LogP contribution in [0.25, 0.3) is 0 Å². The molecule has 0 bridgehead atoms. The van der Waals surface area contributed by atoms with Crippen LogP contribution in [0.15, 0.2) is 0 Å². The Hall–Kier alpha value is -0.120. The van der Waals surface area contributed by atoms with E-state index in [-0.39, 0.29) is 0 Å².